The van der Waals surface area contributed by atoms with Crippen LogP contribution in [0.4, 0.5) is 5.69 Å². The van der Waals surface area contributed by atoms with E-state index in [9.17, 15) is 4.79 Å². The van der Waals surface area contributed by atoms with Gasteiger partial charge in [0.25, 0.3) is 5.91 Å². The standard InChI is InChI=1S/C14H20N2O3/c1-10(2)19-12-5-3-11(4-6-12)16-14(17)13-9-15-7-8-18-13/h3-6,10,13,15H,7-9H2,1-2H3,(H,16,17). The van der Waals surface area contributed by atoms with Crippen LogP contribution >= 0.6 is 0 Å². The number of morpholine rings is 1. The summed E-state index contributed by atoms with van der Waals surface area (Å²) < 4.78 is 10.9. The molecule has 2 N–H and O–H groups in total. The maximum absolute atomic E-state index is 11.9. The first kappa shape index (κ1) is 13.8. The van der Waals surface area contributed by atoms with Gasteiger partial charge in [0.1, 0.15) is 11.9 Å². The van der Waals surface area contributed by atoms with Crippen molar-refractivity contribution in [3.8, 4) is 5.75 Å². The molecule has 0 radical (unpaired) electrons. The minimum absolute atomic E-state index is 0.121. The first-order valence-corrected chi connectivity index (χ1v) is 6.55. The monoisotopic (exact) mass is 264 g/mol. The number of hydrogen-bond acceptors (Lipinski definition) is 4. The number of carbonyl (C=O) groups excluding carboxylic acids is 1. The van der Waals surface area contributed by atoms with Gasteiger partial charge in [-0.3, -0.25) is 4.79 Å². The number of nitrogens with one attached hydrogen (secondary N) is 2. The number of rotatable bonds is 4. The number of ether oxygens (including phenoxy) is 2. The quantitative estimate of drug-likeness (QED) is 0.863. The summed E-state index contributed by atoms with van der Waals surface area (Å²) in [6.07, 6.45) is -0.275. The number of anilines is 1. The van der Waals surface area contributed by atoms with Gasteiger partial charge in [0.05, 0.1) is 12.7 Å². The molecule has 1 saturated heterocycles. The van der Waals surface area contributed by atoms with E-state index < -0.39 is 6.10 Å². The van der Waals surface area contributed by atoms with Gasteiger partial charge in [0.2, 0.25) is 0 Å². The van der Waals surface area contributed by atoms with Crippen molar-refractivity contribution >= 4 is 11.6 Å². The molecule has 2 rings (SSSR count). The van der Waals surface area contributed by atoms with Crippen molar-refractivity contribution in [2.45, 2.75) is 26.1 Å². The minimum atomic E-state index is -0.416. The van der Waals surface area contributed by atoms with Crippen LogP contribution in [0, 0.1) is 0 Å². The highest BCUT2D eigenvalue weighted by molar-refractivity contribution is 5.94. The molecule has 0 spiro atoms. The molecule has 104 valence electrons. The van der Waals surface area contributed by atoms with Crippen LogP contribution in [-0.4, -0.2) is 37.8 Å². The van der Waals surface area contributed by atoms with Crippen LogP contribution in [0.1, 0.15) is 13.8 Å². The molecule has 0 bridgehead atoms. The van der Waals surface area contributed by atoms with Gasteiger partial charge in [0.15, 0.2) is 0 Å². The van der Waals surface area contributed by atoms with Crippen molar-refractivity contribution in [2.75, 3.05) is 25.0 Å². The largest absolute Gasteiger partial charge is 0.491 e. The lowest BCUT2D eigenvalue weighted by molar-refractivity contribution is -0.128. The molecule has 0 aromatic heterocycles. The van der Waals surface area contributed by atoms with Crippen LogP contribution in [0.5, 0.6) is 5.75 Å². The zero-order valence-electron chi connectivity index (χ0n) is 11.3. The molecule has 1 fully saturated rings. The Morgan fingerprint density at radius 3 is 2.74 bits per heavy atom. The molecule has 1 aromatic carbocycles. The second kappa shape index (κ2) is 6.54. The molecule has 1 aliphatic heterocycles. The van der Waals surface area contributed by atoms with Gasteiger partial charge in [-0.1, -0.05) is 0 Å². The highest BCUT2D eigenvalue weighted by Crippen LogP contribution is 2.17. The Labute approximate surface area is 113 Å². The topological polar surface area (TPSA) is 59.6 Å². The fourth-order valence-electron chi connectivity index (χ4n) is 1.85. The Hall–Kier alpha value is -1.59. The maximum atomic E-state index is 11.9. The van der Waals surface area contributed by atoms with Crippen LogP contribution in [0.2, 0.25) is 0 Å². The predicted octanol–water partition coefficient (Wildman–Crippen LogP) is 1.40. The van der Waals surface area contributed by atoms with E-state index in [1.807, 2.05) is 38.1 Å². The van der Waals surface area contributed by atoms with Gasteiger partial charge >= 0.3 is 0 Å². The SMILES string of the molecule is CC(C)Oc1ccc(NC(=O)C2CNCCO2)cc1. The van der Waals surface area contributed by atoms with Gasteiger partial charge in [0, 0.05) is 18.8 Å². The zero-order valence-corrected chi connectivity index (χ0v) is 11.3. The fraction of sp³-hybridized carbons (Fsp3) is 0.500. The van der Waals surface area contributed by atoms with E-state index >= 15 is 0 Å². The minimum Gasteiger partial charge on any atom is -0.491 e. The average molecular weight is 264 g/mol. The second-order valence-corrected chi connectivity index (χ2v) is 4.74. The Bertz CT molecular complexity index is 411. The van der Waals surface area contributed by atoms with Gasteiger partial charge < -0.3 is 20.1 Å². The molecule has 1 aliphatic rings. The third kappa shape index (κ3) is 4.22. The average Bonchev–Trinajstić information content (AvgIpc) is 2.41. The van der Waals surface area contributed by atoms with E-state index in [1.165, 1.54) is 0 Å². The lowest BCUT2D eigenvalue weighted by atomic mass is 10.2. The van der Waals surface area contributed by atoms with E-state index in [-0.39, 0.29) is 12.0 Å². The first-order valence-electron chi connectivity index (χ1n) is 6.55. The molecule has 5 nitrogen and oxygen atoms in total. The summed E-state index contributed by atoms with van der Waals surface area (Å²) in [6, 6.07) is 7.34. The molecule has 1 aromatic rings. The third-order valence-corrected chi connectivity index (χ3v) is 2.71. The Kier molecular flexibility index (Phi) is 4.76. The zero-order chi connectivity index (χ0) is 13.7. The smallest absolute Gasteiger partial charge is 0.254 e. The molecular weight excluding hydrogens is 244 g/mol. The lowest BCUT2D eigenvalue weighted by Gasteiger charge is -2.22. The summed E-state index contributed by atoms with van der Waals surface area (Å²) in [5.41, 5.74) is 0.746. The summed E-state index contributed by atoms with van der Waals surface area (Å²) in [5.74, 6) is 0.674. The lowest BCUT2D eigenvalue weighted by Crippen LogP contribution is -2.45. The molecule has 1 atom stereocenters. The normalized spacial score (nSPS) is 19.2. The summed E-state index contributed by atoms with van der Waals surface area (Å²) in [6.45, 7) is 5.87. The van der Waals surface area contributed by atoms with E-state index in [1.54, 1.807) is 0 Å². The number of hydrogen-bond donors (Lipinski definition) is 2. The van der Waals surface area contributed by atoms with Gasteiger partial charge in [-0.15, -0.1) is 0 Å². The Morgan fingerprint density at radius 2 is 2.16 bits per heavy atom. The van der Waals surface area contributed by atoms with E-state index in [2.05, 4.69) is 10.6 Å². The van der Waals surface area contributed by atoms with Crippen LogP contribution in [0.15, 0.2) is 24.3 Å². The molecule has 1 heterocycles. The number of carbonyl (C=O) groups is 1. The number of benzene rings is 1. The highest BCUT2D eigenvalue weighted by atomic mass is 16.5. The molecular formula is C14H20N2O3. The van der Waals surface area contributed by atoms with Gasteiger partial charge in [-0.25, -0.2) is 0 Å². The maximum Gasteiger partial charge on any atom is 0.254 e. The third-order valence-electron chi connectivity index (χ3n) is 2.71. The van der Waals surface area contributed by atoms with Crippen LogP contribution < -0.4 is 15.4 Å². The molecule has 19 heavy (non-hydrogen) atoms. The molecule has 5 heteroatoms. The van der Waals surface area contributed by atoms with E-state index in [0.717, 1.165) is 18.0 Å². The molecule has 0 saturated carbocycles. The van der Waals surface area contributed by atoms with Crippen LogP contribution in [0.25, 0.3) is 0 Å². The van der Waals surface area contributed by atoms with Crippen molar-refractivity contribution in [1.82, 2.24) is 5.32 Å². The van der Waals surface area contributed by atoms with Crippen molar-refractivity contribution in [3.05, 3.63) is 24.3 Å². The Balaban J connectivity index is 1.89. The van der Waals surface area contributed by atoms with Crippen LogP contribution in [0.3, 0.4) is 0 Å². The summed E-state index contributed by atoms with van der Waals surface area (Å²) in [5, 5.41) is 5.96. The van der Waals surface area contributed by atoms with Crippen molar-refractivity contribution in [3.63, 3.8) is 0 Å². The molecule has 1 unspecified atom stereocenters. The second-order valence-electron chi connectivity index (χ2n) is 4.74. The number of amides is 1. The molecule has 0 aliphatic carbocycles. The van der Waals surface area contributed by atoms with E-state index in [0.29, 0.717) is 13.2 Å². The van der Waals surface area contributed by atoms with E-state index in [4.69, 9.17) is 9.47 Å². The first-order chi connectivity index (χ1) is 9.15. The highest BCUT2D eigenvalue weighted by Gasteiger charge is 2.21. The summed E-state index contributed by atoms with van der Waals surface area (Å²) >= 11 is 0. The predicted molar refractivity (Wildman–Crippen MR) is 73.4 cm³/mol. The Morgan fingerprint density at radius 1 is 1.42 bits per heavy atom. The van der Waals surface area contributed by atoms with Crippen LogP contribution in [-0.2, 0) is 9.53 Å². The van der Waals surface area contributed by atoms with Gasteiger partial charge in [-0.2, -0.15) is 0 Å². The van der Waals surface area contributed by atoms with Gasteiger partial charge in [-0.05, 0) is 38.1 Å². The molecule has 1 amide bonds. The summed E-state index contributed by atoms with van der Waals surface area (Å²) in [4.78, 5) is 11.9. The fourth-order valence-corrected chi connectivity index (χ4v) is 1.85. The summed E-state index contributed by atoms with van der Waals surface area (Å²) in [7, 11) is 0. The van der Waals surface area contributed by atoms with Crippen molar-refractivity contribution < 1.29 is 14.3 Å². The van der Waals surface area contributed by atoms with Crippen molar-refractivity contribution in [2.24, 2.45) is 0 Å². The van der Waals surface area contributed by atoms with Crippen molar-refractivity contribution in [1.29, 1.82) is 0 Å².